The lowest BCUT2D eigenvalue weighted by Crippen LogP contribution is -2.48. The fourth-order valence-electron chi connectivity index (χ4n) is 3.61. The van der Waals surface area contributed by atoms with Crippen molar-refractivity contribution >= 4 is 17.7 Å². The zero-order chi connectivity index (χ0) is 19.0. The summed E-state index contributed by atoms with van der Waals surface area (Å²) in [5.74, 6) is -0.0716. The number of aromatic carboxylic acids is 1. The van der Waals surface area contributed by atoms with Crippen LogP contribution in [0.1, 0.15) is 21.5 Å². The molecule has 0 bridgehead atoms. The summed E-state index contributed by atoms with van der Waals surface area (Å²) in [6.45, 7) is 3.04. The molecule has 3 heterocycles. The maximum absolute atomic E-state index is 11.0. The third kappa shape index (κ3) is 3.51. The SMILES string of the molecule is Nc1nc(N)c2c(n1)OC1(COCCN(Cc3ccc(C(=O)O)cc3)C1)C2. The topological polar surface area (TPSA) is 137 Å². The number of nitrogens with zero attached hydrogens (tertiary/aromatic N) is 3. The molecule has 2 aliphatic rings. The van der Waals surface area contributed by atoms with E-state index in [0.29, 0.717) is 44.4 Å². The Hall–Kier alpha value is -2.91. The summed E-state index contributed by atoms with van der Waals surface area (Å²) < 4.78 is 11.9. The van der Waals surface area contributed by atoms with Gasteiger partial charge >= 0.3 is 5.97 Å². The van der Waals surface area contributed by atoms with E-state index in [9.17, 15) is 4.79 Å². The summed E-state index contributed by atoms with van der Waals surface area (Å²) >= 11 is 0. The minimum Gasteiger partial charge on any atom is -0.478 e. The number of anilines is 2. The predicted molar refractivity (Wildman–Crippen MR) is 97.4 cm³/mol. The van der Waals surface area contributed by atoms with Gasteiger partial charge in [-0.15, -0.1) is 0 Å². The Kier molecular flexibility index (Phi) is 4.33. The Labute approximate surface area is 155 Å². The quantitative estimate of drug-likeness (QED) is 0.706. The number of ether oxygens (including phenoxy) is 2. The van der Waals surface area contributed by atoms with E-state index in [-0.39, 0.29) is 11.5 Å². The molecule has 4 rings (SSSR count). The van der Waals surface area contributed by atoms with Crippen molar-refractivity contribution < 1.29 is 19.4 Å². The normalized spacial score (nSPS) is 22.2. The number of carbonyl (C=O) groups is 1. The average molecular weight is 371 g/mol. The van der Waals surface area contributed by atoms with Crippen LogP contribution in [0.3, 0.4) is 0 Å². The first-order chi connectivity index (χ1) is 12.9. The van der Waals surface area contributed by atoms with Crippen molar-refractivity contribution in [1.82, 2.24) is 14.9 Å². The number of carboxylic acids is 1. The van der Waals surface area contributed by atoms with Crippen molar-refractivity contribution in [2.75, 3.05) is 37.8 Å². The van der Waals surface area contributed by atoms with Gasteiger partial charge in [-0.05, 0) is 17.7 Å². The van der Waals surface area contributed by atoms with Gasteiger partial charge in [0.05, 0.1) is 24.3 Å². The van der Waals surface area contributed by atoms with Gasteiger partial charge in [-0.2, -0.15) is 9.97 Å². The van der Waals surface area contributed by atoms with Crippen molar-refractivity contribution in [1.29, 1.82) is 0 Å². The summed E-state index contributed by atoms with van der Waals surface area (Å²) in [5, 5.41) is 9.03. The highest BCUT2D eigenvalue weighted by atomic mass is 16.6. The van der Waals surface area contributed by atoms with Crippen LogP contribution in [0, 0.1) is 0 Å². The average Bonchev–Trinajstić information content (AvgIpc) is 2.85. The Morgan fingerprint density at radius 3 is 2.78 bits per heavy atom. The lowest BCUT2D eigenvalue weighted by Gasteiger charge is -2.31. The van der Waals surface area contributed by atoms with E-state index in [0.717, 1.165) is 17.7 Å². The second kappa shape index (κ2) is 6.67. The summed E-state index contributed by atoms with van der Waals surface area (Å²) in [6, 6.07) is 6.89. The molecule has 0 amide bonds. The molecule has 1 aromatic carbocycles. The fourth-order valence-corrected chi connectivity index (χ4v) is 3.61. The van der Waals surface area contributed by atoms with E-state index in [1.54, 1.807) is 12.1 Å². The van der Waals surface area contributed by atoms with E-state index in [1.807, 2.05) is 12.1 Å². The molecule has 2 aromatic rings. The highest BCUT2D eigenvalue weighted by Crippen LogP contribution is 2.38. The molecule has 2 aliphatic heterocycles. The second-order valence-electron chi connectivity index (χ2n) is 6.98. The van der Waals surface area contributed by atoms with Crippen LogP contribution in [0.4, 0.5) is 11.8 Å². The monoisotopic (exact) mass is 371 g/mol. The van der Waals surface area contributed by atoms with Crippen molar-refractivity contribution in [2.45, 2.75) is 18.6 Å². The van der Waals surface area contributed by atoms with Crippen LogP contribution in [0.5, 0.6) is 5.88 Å². The number of nitrogens with two attached hydrogens (primary N) is 2. The first-order valence-corrected chi connectivity index (χ1v) is 8.67. The van der Waals surface area contributed by atoms with Gasteiger partial charge in [0.2, 0.25) is 11.8 Å². The maximum Gasteiger partial charge on any atom is 0.335 e. The number of hydrogen-bond acceptors (Lipinski definition) is 8. The molecule has 5 N–H and O–H groups in total. The molecule has 0 radical (unpaired) electrons. The molecule has 142 valence electrons. The van der Waals surface area contributed by atoms with Crippen molar-refractivity contribution in [2.24, 2.45) is 0 Å². The molecule has 1 spiro atoms. The minimum atomic E-state index is -0.932. The number of carboxylic acid groups (broad SMARTS) is 1. The van der Waals surface area contributed by atoms with Crippen LogP contribution in [-0.4, -0.2) is 57.8 Å². The van der Waals surface area contributed by atoms with Gasteiger partial charge in [0.1, 0.15) is 5.82 Å². The Balaban J connectivity index is 1.51. The first kappa shape index (κ1) is 17.5. The van der Waals surface area contributed by atoms with Gasteiger partial charge in [0, 0.05) is 26.1 Å². The molecule has 9 nitrogen and oxygen atoms in total. The van der Waals surface area contributed by atoms with E-state index >= 15 is 0 Å². The lowest BCUT2D eigenvalue weighted by molar-refractivity contribution is -0.00264. The third-order valence-corrected chi connectivity index (χ3v) is 4.87. The molecule has 9 heteroatoms. The van der Waals surface area contributed by atoms with E-state index in [4.69, 9.17) is 26.0 Å². The molecular weight excluding hydrogens is 350 g/mol. The van der Waals surface area contributed by atoms with Crippen molar-refractivity contribution in [3.63, 3.8) is 0 Å². The van der Waals surface area contributed by atoms with Crippen LogP contribution < -0.4 is 16.2 Å². The second-order valence-corrected chi connectivity index (χ2v) is 6.98. The number of rotatable bonds is 3. The summed E-state index contributed by atoms with van der Waals surface area (Å²) in [4.78, 5) is 21.4. The number of hydrogen-bond donors (Lipinski definition) is 3. The molecule has 1 saturated heterocycles. The Bertz CT molecular complexity index is 873. The number of benzene rings is 1. The van der Waals surface area contributed by atoms with Crippen LogP contribution in [0.2, 0.25) is 0 Å². The predicted octanol–water partition coefficient (Wildman–Crippen LogP) is 0.545. The Morgan fingerprint density at radius 2 is 2.04 bits per heavy atom. The van der Waals surface area contributed by atoms with Gasteiger partial charge in [0.25, 0.3) is 0 Å². The van der Waals surface area contributed by atoms with Gasteiger partial charge in [0.15, 0.2) is 5.60 Å². The number of nitrogen functional groups attached to an aromatic ring is 2. The van der Waals surface area contributed by atoms with Crippen LogP contribution >= 0.6 is 0 Å². The molecule has 27 heavy (non-hydrogen) atoms. The zero-order valence-electron chi connectivity index (χ0n) is 14.7. The third-order valence-electron chi connectivity index (χ3n) is 4.87. The minimum absolute atomic E-state index is 0.0909. The van der Waals surface area contributed by atoms with Crippen LogP contribution in [0.25, 0.3) is 0 Å². The molecule has 1 fully saturated rings. The molecule has 1 aromatic heterocycles. The van der Waals surface area contributed by atoms with E-state index in [1.165, 1.54) is 0 Å². The highest BCUT2D eigenvalue weighted by Gasteiger charge is 2.44. The largest absolute Gasteiger partial charge is 0.478 e. The van der Waals surface area contributed by atoms with Gasteiger partial charge < -0.3 is 26.0 Å². The van der Waals surface area contributed by atoms with Crippen molar-refractivity contribution in [3.8, 4) is 5.88 Å². The summed E-state index contributed by atoms with van der Waals surface area (Å²) in [7, 11) is 0. The smallest absolute Gasteiger partial charge is 0.335 e. The molecule has 1 atom stereocenters. The zero-order valence-corrected chi connectivity index (χ0v) is 14.7. The first-order valence-electron chi connectivity index (χ1n) is 8.67. The molecular formula is C18H21N5O4. The fraction of sp³-hybridized carbons (Fsp3) is 0.389. The standard InChI is InChI=1S/C18H21N5O4/c19-14-13-7-18(27-15(13)22-17(20)21-14)9-23(5-6-26-10-18)8-11-1-3-12(4-2-11)16(24)25/h1-4H,5-10H2,(H,24,25)(H4,19,20,21,22). The van der Waals surface area contributed by atoms with E-state index < -0.39 is 11.6 Å². The Morgan fingerprint density at radius 1 is 1.26 bits per heavy atom. The summed E-state index contributed by atoms with van der Waals surface area (Å²) in [6.07, 6.45) is 0.558. The van der Waals surface area contributed by atoms with Crippen LogP contribution in [-0.2, 0) is 17.7 Å². The maximum atomic E-state index is 11.0. The van der Waals surface area contributed by atoms with Crippen molar-refractivity contribution in [3.05, 3.63) is 41.0 Å². The number of aromatic nitrogens is 2. The summed E-state index contributed by atoms with van der Waals surface area (Å²) in [5.41, 5.74) is 13.1. The molecule has 1 unspecified atom stereocenters. The van der Waals surface area contributed by atoms with Gasteiger partial charge in [-0.25, -0.2) is 4.79 Å². The van der Waals surface area contributed by atoms with Gasteiger partial charge in [-0.3, -0.25) is 4.90 Å². The number of fused-ring (bicyclic) bond motifs is 1. The lowest BCUT2D eigenvalue weighted by atomic mass is 9.97. The molecule has 0 aliphatic carbocycles. The van der Waals surface area contributed by atoms with Gasteiger partial charge in [-0.1, -0.05) is 12.1 Å². The van der Waals surface area contributed by atoms with Crippen LogP contribution in [0.15, 0.2) is 24.3 Å². The molecule has 0 saturated carbocycles. The van der Waals surface area contributed by atoms with E-state index in [2.05, 4.69) is 14.9 Å². The highest BCUT2D eigenvalue weighted by molar-refractivity contribution is 5.87.